The summed E-state index contributed by atoms with van der Waals surface area (Å²) in [4.78, 5) is 0. The van der Waals surface area contributed by atoms with Crippen molar-refractivity contribution >= 4 is 0 Å². The fourth-order valence-electron chi connectivity index (χ4n) is 2.32. The van der Waals surface area contributed by atoms with Crippen molar-refractivity contribution in [3.05, 3.63) is 60.0 Å². The molecule has 1 atom stereocenters. The predicted molar refractivity (Wildman–Crippen MR) is 79.8 cm³/mol. The number of aromatic nitrogens is 2. The Labute approximate surface area is 127 Å². The van der Waals surface area contributed by atoms with Gasteiger partial charge in [-0.25, -0.2) is 0 Å². The van der Waals surface area contributed by atoms with Crippen LogP contribution in [0.3, 0.4) is 0 Å². The van der Waals surface area contributed by atoms with E-state index in [4.69, 9.17) is 13.9 Å². The molecule has 3 aromatic rings. The molecule has 0 radical (unpaired) electrons. The summed E-state index contributed by atoms with van der Waals surface area (Å²) in [5, 5.41) is 8.18. The molecule has 0 fully saturated rings. The maximum absolute atomic E-state index is 5.87. The zero-order valence-electron chi connectivity index (χ0n) is 12.0. The summed E-state index contributed by atoms with van der Waals surface area (Å²) in [7, 11) is 0. The third-order valence-corrected chi connectivity index (χ3v) is 3.52. The molecule has 5 nitrogen and oxygen atoms in total. The fourth-order valence-corrected chi connectivity index (χ4v) is 2.32. The van der Waals surface area contributed by atoms with E-state index in [0.29, 0.717) is 24.1 Å². The van der Waals surface area contributed by atoms with Gasteiger partial charge in [0.2, 0.25) is 12.0 Å². The number of nitrogens with zero attached hydrogens (tertiary/aromatic N) is 2. The van der Waals surface area contributed by atoms with E-state index in [1.807, 2.05) is 55.5 Å². The van der Waals surface area contributed by atoms with E-state index in [0.717, 1.165) is 11.3 Å². The van der Waals surface area contributed by atoms with Crippen LogP contribution in [0.5, 0.6) is 11.5 Å². The highest BCUT2D eigenvalue weighted by Crippen LogP contribution is 2.35. The van der Waals surface area contributed by atoms with Crippen LogP contribution < -0.4 is 9.47 Å². The molecule has 0 saturated heterocycles. The van der Waals surface area contributed by atoms with Gasteiger partial charge in [0.1, 0.15) is 6.61 Å². The van der Waals surface area contributed by atoms with Crippen LogP contribution in [0.4, 0.5) is 0 Å². The van der Waals surface area contributed by atoms with Crippen LogP contribution in [0.2, 0.25) is 0 Å². The Morgan fingerprint density at radius 2 is 1.73 bits per heavy atom. The summed E-state index contributed by atoms with van der Waals surface area (Å²) in [5.41, 5.74) is 2.07. The molecule has 2 aromatic carbocycles. The minimum Gasteiger partial charge on any atom is -0.485 e. The van der Waals surface area contributed by atoms with Gasteiger partial charge >= 0.3 is 0 Å². The fraction of sp³-hybridized carbons (Fsp3) is 0.176. The first-order valence-electron chi connectivity index (χ1n) is 7.08. The van der Waals surface area contributed by atoms with Crippen molar-refractivity contribution in [3.8, 4) is 23.0 Å². The Morgan fingerprint density at radius 3 is 2.55 bits per heavy atom. The molecule has 4 rings (SSSR count). The lowest BCUT2D eigenvalue weighted by Crippen LogP contribution is -2.21. The molecule has 1 unspecified atom stereocenters. The lowest BCUT2D eigenvalue weighted by molar-refractivity contribution is 0.0716. The molecule has 5 heteroatoms. The van der Waals surface area contributed by atoms with Crippen LogP contribution in [0.1, 0.15) is 17.6 Å². The summed E-state index contributed by atoms with van der Waals surface area (Å²) in [6.07, 6.45) is -0.387. The molecule has 1 aliphatic heterocycles. The van der Waals surface area contributed by atoms with Crippen LogP contribution in [0, 0.1) is 6.92 Å². The summed E-state index contributed by atoms with van der Waals surface area (Å²) in [6.45, 7) is 2.39. The lowest BCUT2D eigenvalue weighted by Gasteiger charge is -2.23. The monoisotopic (exact) mass is 294 g/mol. The predicted octanol–water partition coefficient (Wildman–Crippen LogP) is 3.56. The van der Waals surface area contributed by atoms with Gasteiger partial charge in [-0.05, 0) is 31.2 Å². The molecular formula is C17H14N2O3. The Bertz CT molecular complexity index is 796. The molecule has 110 valence electrons. The Balaban J connectivity index is 1.59. The SMILES string of the molecule is Cc1ccc(-c2nnc(C3COc4ccccc4O3)o2)cc1. The van der Waals surface area contributed by atoms with Gasteiger partial charge in [-0.1, -0.05) is 29.8 Å². The van der Waals surface area contributed by atoms with Crippen molar-refractivity contribution in [2.75, 3.05) is 6.61 Å². The standard InChI is InChI=1S/C17H14N2O3/c1-11-6-8-12(9-7-11)16-18-19-17(22-16)15-10-20-13-4-2-3-5-14(13)21-15/h2-9,15H,10H2,1H3. The van der Waals surface area contributed by atoms with Crippen LogP contribution >= 0.6 is 0 Å². The van der Waals surface area contributed by atoms with E-state index in [1.54, 1.807) is 0 Å². The largest absolute Gasteiger partial charge is 0.485 e. The molecule has 1 aromatic heterocycles. The second kappa shape index (κ2) is 5.18. The number of hydrogen-bond acceptors (Lipinski definition) is 5. The molecule has 1 aliphatic rings. The highest BCUT2D eigenvalue weighted by molar-refractivity contribution is 5.52. The van der Waals surface area contributed by atoms with Gasteiger partial charge in [0.05, 0.1) is 0 Å². The smallest absolute Gasteiger partial charge is 0.260 e. The van der Waals surface area contributed by atoms with Crippen LogP contribution in [0.25, 0.3) is 11.5 Å². The molecule has 0 saturated carbocycles. The summed E-state index contributed by atoms with van der Waals surface area (Å²) < 4.78 is 17.3. The van der Waals surface area contributed by atoms with Crippen molar-refractivity contribution in [1.82, 2.24) is 10.2 Å². The van der Waals surface area contributed by atoms with Crippen molar-refractivity contribution < 1.29 is 13.9 Å². The highest BCUT2D eigenvalue weighted by atomic mass is 16.6. The Kier molecular flexibility index (Phi) is 3.04. The van der Waals surface area contributed by atoms with E-state index >= 15 is 0 Å². The first-order valence-corrected chi connectivity index (χ1v) is 7.08. The van der Waals surface area contributed by atoms with Crippen molar-refractivity contribution in [1.29, 1.82) is 0 Å². The van der Waals surface area contributed by atoms with Crippen molar-refractivity contribution in [2.45, 2.75) is 13.0 Å². The first-order chi connectivity index (χ1) is 10.8. The Hall–Kier alpha value is -2.82. The molecule has 0 amide bonds. The molecule has 0 aliphatic carbocycles. The number of para-hydroxylation sites is 2. The van der Waals surface area contributed by atoms with Gasteiger partial charge in [0.25, 0.3) is 5.89 Å². The average molecular weight is 294 g/mol. The third kappa shape index (κ3) is 2.30. The minimum atomic E-state index is -0.387. The maximum atomic E-state index is 5.87. The summed E-state index contributed by atoms with van der Waals surface area (Å²) in [6, 6.07) is 15.5. The van der Waals surface area contributed by atoms with E-state index < -0.39 is 0 Å². The number of hydrogen-bond donors (Lipinski definition) is 0. The second-order valence-corrected chi connectivity index (χ2v) is 5.18. The summed E-state index contributed by atoms with van der Waals surface area (Å²) >= 11 is 0. The molecule has 22 heavy (non-hydrogen) atoms. The van der Waals surface area contributed by atoms with Crippen LogP contribution in [-0.2, 0) is 0 Å². The number of aryl methyl sites for hydroxylation is 1. The van der Waals surface area contributed by atoms with E-state index in [9.17, 15) is 0 Å². The lowest BCUT2D eigenvalue weighted by atomic mass is 10.1. The van der Waals surface area contributed by atoms with Crippen molar-refractivity contribution in [3.63, 3.8) is 0 Å². The number of fused-ring (bicyclic) bond motifs is 1. The minimum absolute atomic E-state index is 0.354. The molecule has 2 heterocycles. The van der Waals surface area contributed by atoms with Gasteiger partial charge in [0, 0.05) is 5.56 Å². The first kappa shape index (κ1) is 12.9. The van der Waals surface area contributed by atoms with E-state index in [1.165, 1.54) is 5.56 Å². The van der Waals surface area contributed by atoms with Gasteiger partial charge in [-0.2, -0.15) is 0 Å². The van der Waals surface area contributed by atoms with Crippen LogP contribution in [0.15, 0.2) is 52.9 Å². The average Bonchev–Trinajstić information content (AvgIpc) is 3.05. The quantitative estimate of drug-likeness (QED) is 0.723. The van der Waals surface area contributed by atoms with Crippen molar-refractivity contribution in [2.24, 2.45) is 0 Å². The zero-order valence-corrected chi connectivity index (χ0v) is 12.0. The van der Waals surface area contributed by atoms with Gasteiger partial charge in [-0.3, -0.25) is 0 Å². The van der Waals surface area contributed by atoms with Crippen LogP contribution in [-0.4, -0.2) is 16.8 Å². The van der Waals surface area contributed by atoms with E-state index in [2.05, 4.69) is 10.2 Å². The maximum Gasteiger partial charge on any atom is 0.260 e. The number of benzene rings is 2. The zero-order chi connectivity index (χ0) is 14.9. The van der Waals surface area contributed by atoms with Gasteiger partial charge in [-0.15, -0.1) is 10.2 Å². The van der Waals surface area contributed by atoms with Gasteiger partial charge < -0.3 is 13.9 Å². The molecular weight excluding hydrogens is 280 g/mol. The topological polar surface area (TPSA) is 57.4 Å². The third-order valence-electron chi connectivity index (χ3n) is 3.52. The molecule has 0 N–H and O–H groups in total. The molecule has 0 spiro atoms. The number of rotatable bonds is 2. The van der Waals surface area contributed by atoms with Gasteiger partial charge in [0.15, 0.2) is 11.5 Å². The summed E-state index contributed by atoms with van der Waals surface area (Å²) in [5.74, 6) is 2.33. The second-order valence-electron chi connectivity index (χ2n) is 5.18. The molecule has 0 bridgehead atoms. The highest BCUT2D eigenvalue weighted by Gasteiger charge is 2.27. The normalized spacial score (nSPS) is 16.5. The van der Waals surface area contributed by atoms with E-state index in [-0.39, 0.29) is 6.10 Å². The Morgan fingerprint density at radius 1 is 0.955 bits per heavy atom. The number of ether oxygens (including phenoxy) is 2.